The highest BCUT2D eigenvalue weighted by Crippen LogP contribution is 2.27. The predicted molar refractivity (Wildman–Crippen MR) is 134 cm³/mol. The van der Waals surface area contributed by atoms with Gasteiger partial charge in [-0.25, -0.2) is 19.9 Å². The summed E-state index contributed by atoms with van der Waals surface area (Å²) in [5.41, 5.74) is 6.16. The van der Waals surface area contributed by atoms with Gasteiger partial charge >= 0.3 is 0 Å². The first-order valence-electron chi connectivity index (χ1n) is 10.8. The summed E-state index contributed by atoms with van der Waals surface area (Å²) in [6, 6.07) is 15.7. The number of hydrogen-bond acceptors (Lipinski definition) is 11. The number of fused-ring (bicyclic) bond motifs is 1. The number of hydrogen-bond donors (Lipinski definition) is 4. The molecule has 5 aromatic rings. The van der Waals surface area contributed by atoms with Crippen molar-refractivity contribution in [1.29, 1.82) is 0 Å². The second-order valence-corrected chi connectivity index (χ2v) is 7.56. The fourth-order valence-electron chi connectivity index (χ4n) is 3.29. The third-order valence-electron chi connectivity index (χ3n) is 5.06. The fraction of sp³-hybridized carbons (Fsp3) is 0.0400. The van der Waals surface area contributed by atoms with Crippen LogP contribution in [-0.4, -0.2) is 41.3 Å². The van der Waals surface area contributed by atoms with Crippen LogP contribution < -0.4 is 15.5 Å². The van der Waals surface area contributed by atoms with E-state index in [0.717, 1.165) is 11.3 Å². The first-order chi connectivity index (χ1) is 17.7. The number of nitrogens with zero attached hydrogens (tertiary/aromatic N) is 6. The highest BCUT2D eigenvalue weighted by atomic mass is 16.5. The van der Waals surface area contributed by atoms with Crippen LogP contribution in [-0.2, 0) is 6.61 Å². The van der Waals surface area contributed by atoms with Crippen LogP contribution in [0.5, 0.6) is 17.2 Å². The van der Waals surface area contributed by atoms with Crippen LogP contribution in [0.25, 0.3) is 11.0 Å². The molecule has 0 saturated carbocycles. The molecule has 3 aromatic heterocycles. The summed E-state index contributed by atoms with van der Waals surface area (Å²) < 4.78 is 5.89. The van der Waals surface area contributed by atoms with Gasteiger partial charge in [0, 0.05) is 24.1 Å². The number of phenolic OH excluding ortho intramolecular Hbond substituents is 2. The van der Waals surface area contributed by atoms with Crippen LogP contribution in [0, 0.1) is 0 Å². The Kier molecular flexibility index (Phi) is 6.43. The summed E-state index contributed by atoms with van der Waals surface area (Å²) in [5.74, 6) is 1.12. The van der Waals surface area contributed by atoms with Crippen molar-refractivity contribution < 1.29 is 14.9 Å². The lowest BCUT2D eigenvalue weighted by Gasteiger charge is -2.11. The molecule has 178 valence electrons. The molecule has 5 rings (SSSR count). The van der Waals surface area contributed by atoms with Crippen molar-refractivity contribution in [2.45, 2.75) is 6.61 Å². The molecule has 0 unspecified atom stereocenters. The van der Waals surface area contributed by atoms with E-state index in [9.17, 15) is 10.2 Å². The minimum absolute atomic E-state index is 0.204. The maximum Gasteiger partial charge on any atom is 0.176 e. The molecule has 11 heteroatoms. The Morgan fingerprint density at radius 3 is 2.42 bits per heavy atom. The Morgan fingerprint density at radius 1 is 0.833 bits per heavy atom. The Hall–Kier alpha value is -5.32. The van der Waals surface area contributed by atoms with Crippen molar-refractivity contribution in [1.82, 2.24) is 24.9 Å². The summed E-state index contributed by atoms with van der Waals surface area (Å²) in [4.78, 5) is 21.2. The normalized spacial score (nSPS) is 11.0. The van der Waals surface area contributed by atoms with Crippen molar-refractivity contribution in [3.63, 3.8) is 0 Å². The van der Waals surface area contributed by atoms with Gasteiger partial charge in [-0.2, -0.15) is 5.10 Å². The predicted octanol–water partition coefficient (Wildman–Crippen LogP) is 3.99. The quantitative estimate of drug-likeness (QED) is 0.146. The molecule has 0 spiro atoms. The van der Waals surface area contributed by atoms with Gasteiger partial charge in [-0.05, 0) is 53.6 Å². The number of phenols is 2. The molecule has 0 bridgehead atoms. The van der Waals surface area contributed by atoms with E-state index in [1.165, 1.54) is 31.0 Å². The summed E-state index contributed by atoms with van der Waals surface area (Å²) in [5, 5.41) is 26.5. The molecule has 4 N–H and O–H groups in total. The molecular weight excluding hydrogens is 460 g/mol. The molecule has 0 atom stereocenters. The highest BCUT2D eigenvalue weighted by molar-refractivity contribution is 5.93. The Bertz CT molecular complexity index is 1530. The first kappa shape index (κ1) is 22.5. The molecular formula is C25H20N8O3. The lowest BCUT2D eigenvalue weighted by molar-refractivity contribution is 0.306. The van der Waals surface area contributed by atoms with E-state index in [1.54, 1.807) is 18.5 Å². The Labute approximate surface area is 205 Å². The number of pyridine rings is 1. The van der Waals surface area contributed by atoms with Crippen LogP contribution >= 0.6 is 0 Å². The number of hydrazone groups is 1. The molecule has 0 aliphatic rings. The van der Waals surface area contributed by atoms with Crippen molar-refractivity contribution >= 4 is 34.6 Å². The van der Waals surface area contributed by atoms with E-state index in [-0.39, 0.29) is 11.5 Å². The standard InChI is InChI=1S/C25H20N8O3/c34-20-5-4-17(10-21(20)35)12-31-33-25-23-22(27-15-30-25)24(29-14-28-23)32-18-2-1-3-19(11-18)36-13-16-6-8-26-9-7-16/h1-12,14-15,34-35H,13H2,(H,27,30,33)(H,28,29,32)/b31-12+. The fourth-order valence-corrected chi connectivity index (χ4v) is 3.29. The molecule has 0 fully saturated rings. The second kappa shape index (κ2) is 10.3. The zero-order valence-electron chi connectivity index (χ0n) is 18.8. The van der Waals surface area contributed by atoms with Gasteiger partial charge in [0.15, 0.2) is 23.1 Å². The van der Waals surface area contributed by atoms with Crippen molar-refractivity contribution in [2.24, 2.45) is 5.10 Å². The van der Waals surface area contributed by atoms with Crippen LogP contribution in [0.1, 0.15) is 11.1 Å². The van der Waals surface area contributed by atoms with Gasteiger partial charge in [0.25, 0.3) is 0 Å². The minimum atomic E-state index is -0.235. The van der Waals surface area contributed by atoms with Gasteiger partial charge in [-0.1, -0.05) is 6.07 Å². The maximum absolute atomic E-state index is 9.62. The van der Waals surface area contributed by atoms with Crippen molar-refractivity contribution in [3.8, 4) is 17.2 Å². The largest absolute Gasteiger partial charge is 0.504 e. The second-order valence-electron chi connectivity index (χ2n) is 7.56. The molecule has 0 aliphatic heterocycles. The van der Waals surface area contributed by atoms with Gasteiger partial charge in [0.05, 0.1) is 6.21 Å². The van der Waals surface area contributed by atoms with Crippen LogP contribution in [0.2, 0.25) is 0 Å². The van der Waals surface area contributed by atoms with E-state index in [2.05, 4.69) is 40.8 Å². The van der Waals surface area contributed by atoms with Gasteiger partial charge < -0.3 is 20.3 Å². The summed E-state index contributed by atoms with van der Waals surface area (Å²) in [7, 11) is 0. The van der Waals surface area contributed by atoms with Crippen LogP contribution in [0.3, 0.4) is 0 Å². The van der Waals surface area contributed by atoms with Crippen molar-refractivity contribution in [2.75, 3.05) is 10.7 Å². The van der Waals surface area contributed by atoms with Gasteiger partial charge in [0.1, 0.15) is 36.0 Å². The number of rotatable bonds is 8. The smallest absolute Gasteiger partial charge is 0.176 e. The number of aromatic hydroxyl groups is 2. The van der Waals surface area contributed by atoms with Gasteiger partial charge in [-0.3, -0.25) is 10.4 Å². The summed E-state index contributed by atoms with van der Waals surface area (Å²) in [6.45, 7) is 0.426. The first-order valence-corrected chi connectivity index (χ1v) is 10.8. The molecule has 36 heavy (non-hydrogen) atoms. The minimum Gasteiger partial charge on any atom is -0.504 e. The molecule has 11 nitrogen and oxygen atoms in total. The topological polar surface area (TPSA) is 151 Å². The van der Waals surface area contributed by atoms with E-state index in [4.69, 9.17) is 4.74 Å². The van der Waals surface area contributed by atoms with E-state index in [0.29, 0.717) is 40.6 Å². The lowest BCUT2D eigenvalue weighted by Crippen LogP contribution is -2.02. The van der Waals surface area contributed by atoms with Gasteiger partial charge in [-0.15, -0.1) is 0 Å². The number of nitrogens with one attached hydrogen (secondary N) is 2. The van der Waals surface area contributed by atoms with Crippen LogP contribution in [0.4, 0.5) is 17.3 Å². The lowest BCUT2D eigenvalue weighted by atomic mass is 10.2. The van der Waals surface area contributed by atoms with E-state index in [1.807, 2.05) is 36.4 Å². The molecule has 0 radical (unpaired) electrons. The zero-order valence-corrected chi connectivity index (χ0v) is 18.8. The highest BCUT2D eigenvalue weighted by Gasteiger charge is 2.11. The third-order valence-corrected chi connectivity index (χ3v) is 5.06. The van der Waals surface area contributed by atoms with Crippen LogP contribution in [0.15, 0.2) is 84.7 Å². The summed E-state index contributed by atoms with van der Waals surface area (Å²) in [6.07, 6.45) is 7.72. The number of benzene rings is 2. The van der Waals surface area contributed by atoms with Crippen molar-refractivity contribution in [3.05, 3.63) is 90.8 Å². The average molecular weight is 480 g/mol. The Morgan fingerprint density at radius 2 is 1.61 bits per heavy atom. The molecule has 2 aromatic carbocycles. The SMILES string of the molecule is Oc1ccc(/C=N/Nc2ncnc3c(Nc4cccc(OCc5ccncc5)c4)ncnc23)cc1O. The zero-order chi connectivity index (χ0) is 24.7. The summed E-state index contributed by atoms with van der Waals surface area (Å²) >= 11 is 0. The molecule has 0 aliphatic carbocycles. The maximum atomic E-state index is 9.62. The number of anilines is 3. The monoisotopic (exact) mass is 480 g/mol. The van der Waals surface area contributed by atoms with Gasteiger partial charge in [0.2, 0.25) is 0 Å². The molecule has 3 heterocycles. The molecule has 0 saturated heterocycles. The van der Waals surface area contributed by atoms with E-state index < -0.39 is 0 Å². The number of aromatic nitrogens is 5. The average Bonchev–Trinajstić information content (AvgIpc) is 2.91. The third kappa shape index (κ3) is 5.25. The van der Waals surface area contributed by atoms with E-state index >= 15 is 0 Å². The number of ether oxygens (including phenoxy) is 1. The molecule has 0 amide bonds. The Balaban J connectivity index is 1.33.